The number of hydrogen-bond donors (Lipinski definition) is 3. The van der Waals surface area contributed by atoms with Crippen LogP contribution in [0.2, 0.25) is 0 Å². The molecule has 0 aliphatic rings. The smallest absolute Gasteiger partial charge is 0.405 e. The molecule has 0 saturated carbocycles. The molecule has 1 atom stereocenters. The second-order valence-electron chi connectivity index (χ2n) is 2.54. The number of halogens is 3. The van der Waals surface area contributed by atoms with Crippen molar-refractivity contribution in [2.75, 3.05) is 6.54 Å². The molecule has 0 rings (SSSR count). The van der Waals surface area contributed by atoms with E-state index in [1.807, 2.05) is 0 Å². The van der Waals surface area contributed by atoms with Crippen molar-refractivity contribution < 1.29 is 27.9 Å². The predicted octanol–water partition coefficient (Wildman–Crippen LogP) is -0.533. The third-order valence-corrected chi connectivity index (χ3v) is 1.21. The first-order valence-corrected chi connectivity index (χ1v) is 3.54. The highest BCUT2D eigenvalue weighted by atomic mass is 19.4. The zero-order valence-electron chi connectivity index (χ0n) is 6.97. The molecular weight excluding hydrogens is 205 g/mol. The molecule has 14 heavy (non-hydrogen) atoms. The van der Waals surface area contributed by atoms with Gasteiger partial charge in [0.1, 0.15) is 12.6 Å². The lowest BCUT2D eigenvalue weighted by Gasteiger charge is -2.09. The molecule has 1 unspecified atom stereocenters. The molecule has 0 aliphatic carbocycles. The monoisotopic (exact) mass is 214 g/mol. The zero-order chi connectivity index (χ0) is 11.4. The van der Waals surface area contributed by atoms with E-state index in [-0.39, 0.29) is 0 Å². The summed E-state index contributed by atoms with van der Waals surface area (Å²) in [5.74, 6) is -2.48. The molecule has 0 saturated heterocycles. The van der Waals surface area contributed by atoms with Crippen LogP contribution in [-0.2, 0) is 9.59 Å². The van der Waals surface area contributed by atoms with Crippen LogP contribution in [0.4, 0.5) is 13.2 Å². The minimum absolute atomic E-state index is 0.675. The van der Waals surface area contributed by atoms with Crippen LogP contribution < -0.4 is 11.1 Å². The summed E-state index contributed by atoms with van der Waals surface area (Å²) in [6, 6.07) is -1.48. The molecule has 0 aliphatic heterocycles. The third-order valence-electron chi connectivity index (χ3n) is 1.21. The summed E-state index contributed by atoms with van der Waals surface area (Å²) >= 11 is 0. The van der Waals surface area contributed by atoms with Gasteiger partial charge in [0.15, 0.2) is 0 Å². The minimum atomic E-state index is -4.51. The van der Waals surface area contributed by atoms with Crippen molar-refractivity contribution in [1.29, 1.82) is 0 Å². The van der Waals surface area contributed by atoms with Gasteiger partial charge in [-0.25, -0.2) is 0 Å². The fourth-order valence-corrected chi connectivity index (χ4v) is 0.558. The molecule has 0 heterocycles. The first-order valence-electron chi connectivity index (χ1n) is 3.54. The molecule has 0 aromatic carbocycles. The van der Waals surface area contributed by atoms with Gasteiger partial charge in [0, 0.05) is 0 Å². The third kappa shape index (κ3) is 6.23. The molecule has 0 aromatic rings. The fourth-order valence-electron chi connectivity index (χ4n) is 0.558. The average molecular weight is 214 g/mol. The first-order chi connectivity index (χ1) is 6.22. The van der Waals surface area contributed by atoms with Crippen molar-refractivity contribution in [1.82, 2.24) is 5.32 Å². The van der Waals surface area contributed by atoms with Gasteiger partial charge in [0.25, 0.3) is 0 Å². The Kier molecular flexibility index (Phi) is 4.35. The van der Waals surface area contributed by atoms with Crippen LogP contribution in [0.25, 0.3) is 0 Å². The molecule has 0 spiro atoms. The Morgan fingerprint density at radius 2 is 1.93 bits per heavy atom. The molecule has 1 amide bonds. The second-order valence-corrected chi connectivity index (χ2v) is 2.54. The van der Waals surface area contributed by atoms with Gasteiger partial charge in [-0.15, -0.1) is 0 Å². The lowest BCUT2D eigenvalue weighted by atomic mass is 10.2. The molecule has 0 radical (unpaired) electrons. The molecule has 5 nitrogen and oxygen atoms in total. The Morgan fingerprint density at radius 1 is 1.43 bits per heavy atom. The van der Waals surface area contributed by atoms with Crippen LogP contribution in [0.3, 0.4) is 0 Å². The number of aliphatic carboxylic acids is 1. The summed E-state index contributed by atoms with van der Waals surface area (Å²) in [4.78, 5) is 20.8. The lowest BCUT2D eigenvalue weighted by Crippen LogP contribution is -2.40. The number of carbonyl (C=O) groups is 2. The quantitative estimate of drug-likeness (QED) is 0.586. The maximum Gasteiger partial charge on any atom is 0.405 e. The van der Waals surface area contributed by atoms with Gasteiger partial charge in [-0.05, 0) is 0 Å². The van der Waals surface area contributed by atoms with E-state index >= 15 is 0 Å². The summed E-state index contributed by atoms with van der Waals surface area (Å²) in [6.07, 6.45) is -5.19. The molecule has 0 bridgehead atoms. The Bertz CT molecular complexity index is 229. The molecule has 8 heteroatoms. The van der Waals surface area contributed by atoms with Crippen molar-refractivity contribution in [2.45, 2.75) is 18.6 Å². The lowest BCUT2D eigenvalue weighted by molar-refractivity contribution is -0.143. The summed E-state index contributed by atoms with van der Waals surface area (Å²) in [7, 11) is 0. The van der Waals surface area contributed by atoms with E-state index in [4.69, 9.17) is 10.8 Å². The van der Waals surface area contributed by atoms with Crippen LogP contribution in [0.15, 0.2) is 0 Å². The summed E-state index contributed by atoms with van der Waals surface area (Å²) in [6.45, 7) is -1.49. The molecule has 82 valence electrons. The summed E-state index contributed by atoms with van der Waals surface area (Å²) < 4.78 is 34.6. The van der Waals surface area contributed by atoms with E-state index in [2.05, 4.69) is 0 Å². The highest BCUT2D eigenvalue weighted by Crippen LogP contribution is 2.12. The second kappa shape index (κ2) is 4.80. The van der Waals surface area contributed by atoms with E-state index in [1.54, 1.807) is 0 Å². The zero-order valence-corrected chi connectivity index (χ0v) is 6.97. The van der Waals surface area contributed by atoms with Crippen molar-refractivity contribution in [3.8, 4) is 0 Å². The average Bonchev–Trinajstić information content (AvgIpc) is 1.99. The van der Waals surface area contributed by atoms with E-state index in [1.165, 1.54) is 5.32 Å². The van der Waals surface area contributed by atoms with Gasteiger partial charge in [-0.2, -0.15) is 13.2 Å². The Hall–Kier alpha value is -1.31. The van der Waals surface area contributed by atoms with Gasteiger partial charge in [-0.3, -0.25) is 9.59 Å². The van der Waals surface area contributed by atoms with Crippen LogP contribution in [0, 0.1) is 0 Å². The summed E-state index contributed by atoms with van der Waals surface area (Å²) in [5, 5.41) is 9.73. The number of rotatable bonds is 4. The fraction of sp³-hybridized carbons (Fsp3) is 0.667. The van der Waals surface area contributed by atoms with Crippen LogP contribution in [0.5, 0.6) is 0 Å². The number of alkyl halides is 3. The van der Waals surface area contributed by atoms with Gasteiger partial charge in [-0.1, -0.05) is 0 Å². The number of amides is 1. The molecule has 0 aromatic heterocycles. The van der Waals surface area contributed by atoms with E-state index in [9.17, 15) is 22.8 Å². The molecular formula is C6H9F3N2O3. The number of carboxylic acid groups (broad SMARTS) is 1. The molecule has 4 N–H and O–H groups in total. The number of nitrogens with one attached hydrogen (secondary N) is 1. The van der Waals surface area contributed by atoms with Gasteiger partial charge >= 0.3 is 12.1 Å². The van der Waals surface area contributed by atoms with E-state index in [0.29, 0.717) is 0 Å². The van der Waals surface area contributed by atoms with Crippen molar-refractivity contribution >= 4 is 11.9 Å². The Labute approximate surface area is 77.1 Å². The van der Waals surface area contributed by atoms with Crippen molar-refractivity contribution in [2.24, 2.45) is 5.73 Å². The largest absolute Gasteiger partial charge is 0.480 e. The number of carboxylic acids is 1. The maximum atomic E-state index is 11.5. The van der Waals surface area contributed by atoms with E-state index < -0.39 is 37.1 Å². The summed E-state index contributed by atoms with van der Waals surface area (Å²) in [5.41, 5.74) is 4.92. The molecule has 0 fully saturated rings. The number of nitrogens with two attached hydrogens (primary N) is 1. The Morgan fingerprint density at radius 3 is 2.29 bits per heavy atom. The standard InChI is InChI=1S/C6H9F3N2O3/c7-6(8,9)2-11-4(12)1-3(10)5(13)14/h3H,1-2,10H2,(H,11,12)(H,13,14). The normalized spacial score (nSPS) is 13.4. The Balaban J connectivity index is 3.83. The SMILES string of the molecule is NC(CC(=O)NCC(F)(F)F)C(=O)O. The van der Waals surface area contributed by atoms with Crippen molar-refractivity contribution in [3.05, 3.63) is 0 Å². The topological polar surface area (TPSA) is 92.4 Å². The van der Waals surface area contributed by atoms with Gasteiger partial charge in [0.05, 0.1) is 6.42 Å². The van der Waals surface area contributed by atoms with Crippen LogP contribution >= 0.6 is 0 Å². The van der Waals surface area contributed by atoms with Gasteiger partial charge < -0.3 is 16.2 Å². The highest BCUT2D eigenvalue weighted by Gasteiger charge is 2.28. The highest BCUT2D eigenvalue weighted by molar-refractivity contribution is 5.84. The van der Waals surface area contributed by atoms with Gasteiger partial charge in [0.2, 0.25) is 5.91 Å². The minimum Gasteiger partial charge on any atom is -0.480 e. The van der Waals surface area contributed by atoms with Crippen LogP contribution in [-0.4, -0.2) is 35.7 Å². The van der Waals surface area contributed by atoms with Crippen molar-refractivity contribution in [3.63, 3.8) is 0 Å². The first kappa shape index (κ1) is 12.7. The predicted molar refractivity (Wildman–Crippen MR) is 39.3 cm³/mol. The maximum absolute atomic E-state index is 11.5. The number of carbonyl (C=O) groups excluding carboxylic acids is 1. The number of hydrogen-bond acceptors (Lipinski definition) is 3. The van der Waals surface area contributed by atoms with E-state index in [0.717, 1.165) is 0 Å². The van der Waals surface area contributed by atoms with Crippen LogP contribution in [0.1, 0.15) is 6.42 Å².